The van der Waals surface area contributed by atoms with Gasteiger partial charge in [0.15, 0.2) is 0 Å². The van der Waals surface area contributed by atoms with Gasteiger partial charge >= 0.3 is 0 Å². The van der Waals surface area contributed by atoms with E-state index in [0.29, 0.717) is 0 Å². The fraction of sp³-hybridized carbons (Fsp3) is 0.300. The predicted molar refractivity (Wildman–Crippen MR) is 60.4 cm³/mol. The van der Waals surface area contributed by atoms with Gasteiger partial charge in [0.2, 0.25) is 0 Å². The Labute approximate surface area is 104 Å². The molecule has 1 aromatic rings. The Hall–Kier alpha value is -1.08. The number of halogens is 4. The molecule has 3 nitrogen and oxygen atoms in total. The van der Waals surface area contributed by atoms with E-state index in [-0.39, 0.29) is 10.0 Å². The van der Waals surface area contributed by atoms with Gasteiger partial charge in [-0.05, 0) is 28.1 Å². The second kappa shape index (κ2) is 5.50. The molecule has 0 heterocycles. The van der Waals surface area contributed by atoms with E-state index in [4.69, 9.17) is 5.73 Å². The first-order chi connectivity index (χ1) is 7.87. The van der Waals surface area contributed by atoms with Gasteiger partial charge in [0, 0.05) is 0 Å². The van der Waals surface area contributed by atoms with Gasteiger partial charge in [0.25, 0.3) is 11.8 Å². The van der Waals surface area contributed by atoms with Crippen LogP contribution in [0.4, 0.5) is 13.2 Å². The molecule has 1 aromatic carbocycles. The zero-order valence-corrected chi connectivity index (χ0v) is 10.2. The van der Waals surface area contributed by atoms with Crippen LogP contribution in [0.2, 0.25) is 0 Å². The summed E-state index contributed by atoms with van der Waals surface area (Å²) in [6, 6.07) is 3.79. The van der Waals surface area contributed by atoms with Crippen LogP contribution in [0.25, 0.3) is 0 Å². The first kappa shape index (κ1) is 14.0. The number of nitrogens with two attached hydrogens (primary N) is 1. The molecule has 0 radical (unpaired) electrons. The van der Waals surface area contributed by atoms with E-state index >= 15 is 0 Å². The monoisotopic (exact) mass is 310 g/mol. The second-order valence-electron chi connectivity index (χ2n) is 3.34. The van der Waals surface area contributed by atoms with Crippen LogP contribution in [0.1, 0.15) is 10.4 Å². The van der Waals surface area contributed by atoms with Crippen LogP contribution in [0.5, 0.6) is 0 Å². The lowest BCUT2D eigenvalue weighted by atomic mass is 10.2. The highest BCUT2D eigenvalue weighted by atomic mass is 79.9. The fourth-order valence-electron chi connectivity index (χ4n) is 1.06. The molecule has 0 saturated carbocycles. The molecule has 94 valence electrons. The molecule has 0 fully saturated rings. The van der Waals surface area contributed by atoms with Gasteiger partial charge in [-0.15, -0.1) is 0 Å². The molecule has 0 unspecified atom stereocenters. The molecule has 0 atom stereocenters. The summed E-state index contributed by atoms with van der Waals surface area (Å²) in [5.74, 6) is -4.59. The number of alkyl halides is 2. The topological polar surface area (TPSA) is 55.1 Å². The second-order valence-corrected chi connectivity index (χ2v) is 4.14. The zero-order chi connectivity index (χ0) is 13.1. The number of benzene rings is 1. The highest BCUT2D eigenvalue weighted by Gasteiger charge is 2.27. The third-order valence-electron chi connectivity index (χ3n) is 2.00. The van der Waals surface area contributed by atoms with Crippen molar-refractivity contribution in [2.45, 2.75) is 5.92 Å². The van der Waals surface area contributed by atoms with Crippen LogP contribution in [0.3, 0.4) is 0 Å². The van der Waals surface area contributed by atoms with Crippen molar-refractivity contribution in [2.75, 3.05) is 13.1 Å². The smallest absolute Gasteiger partial charge is 0.277 e. The molecule has 0 aromatic heterocycles. The minimum atomic E-state index is -3.17. The van der Waals surface area contributed by atoms with Crippen molar-refractivity contribution in [1.29, 1.82) is 0 Å². The van der Waals surface area contributed by atoms with Crippen molar-refractivity contribution in [2.24, 2.45) is 5.73 Å². The van der Waals surface area contributed by atoms with E-state index in [1.54, 1.807) is 0 Å². The van der Waals surface area contributed by atoms with Gasteiger partial charge < -0.3 is 11.1 Å². The SMILES string of the molecule is NCC(F)(F)CNC(=O)c1cccc(F)c1Br. The summed E-state index contributed by atoms with van der Waals surface area (Å²) in [5, 5.41) is 1.99. The first-order valence-corrected chi connectivity index (χ1v) is 5.47. The molecule has 7 heteroatoms. The first-order valence-electron chi connectivity index (χ1n) is 4.67. The zero-order valence-electron chi connectivity index (χ0n) is 8.64. The Morgan fingerprint density at radius 2 is 2.12 bits per heavy atom. The summed E-state index contributed by atoms with van der Waals surface area (Å²) >= 11 is 2.87. The van der Waals surface area contributed by atoms with Crippen molar-refractivity contribution in [1.82, 2.24) is 5.32 Å². The summed E-state index contributed by atoms with van der Waals surface area (Å²) in [6.07, 6.45) is 0. The molecule has 0 aliphatic rings. The molecule has 1 rings (SSSR count). The lowest BCUT2D eigenvalue weighted by Gasteiger charge is -2.14. The van der Waals surface area contributed by atoms with Crippen LogP contribution in [0.15, 0.2) is 22.7 Å². The molecule has 0 aliphatic heterocycles. The molecular formula is C10H10BrF3N2O. The third-order valence-corrected chi connectivity index (χ3v) is 2.81. The number of hydrogen-bond donors (Lipinski definition) is 2. The molecule has 0 spiro atoms. The third kappa shape index (κ3) is 3.71. The van der Waals surface area contributed by atoms with Crippen molar-refractivity contribution in [3.63, 3.8) is 0 Å². The molecule has 0 bridgehead atoms. The normalized spacial score (nSPS) is 11.4. The predicted octanol–water partition coefficient (Wildman–Crippen LogP) is 1.91. The van der Waals surface area contributed by atoms with Gasteiger partial charge in [0.05, 0.1) is 23.1 Å². The lowest BCUT2D eigenvalue weighted by Crippen LogP contribution is -2.41. The minimum Gasteiger partial charge on any atom is -0.346 e. The lowest BCUT2D eigenvalue weighted by molar-refractivity contribution is 0.0118. The Balaban J connectivity index is 2.74. The number of carbonyl (C=O) groups excluding carboxylic acids is 1. The van der Waals surface area contributed by atoms with E-state index in [9.17, 15) is 18.0 Å². The standard InChI is InChI=1S/C10H10BrF3N2O/c11-8-6(2-1-3-7(8)12)9(17)16-5-10(13,14)4-15/h1-3H,4-5,15H2,(H,16,17). The number of hydrogen-bond acceptors (Lipinski definition) is 2. The van der Waals surface area contributed by atoms with Gasteiger partial charge in [-0.1, -0.05) is 6.07 Å². The van der Waals surface area contributed by atoms with Crippen molar-refractivity contribution >= 4 is 21.8 Å². The Kier molecular flexibility index (Phi) is 4.53. The van der Waals surface area contributed by atoms with Gasteiger partial charge in [-0.3, -0.25) is 4.79 Å². The molecular weight excluding hydrogens is 301 g/mol. The summed E-state index contributed by atoms with van der Waals surface area (Å²) in [5.41, 5.74) is 4.77. The average Bonchev–Trinajstić information content (AvgIpc) is 2.30. The number of carbonyl (C=O) groups is 1. The van der Waals surface area contributed by atoms with Crippen LogP contribution in [-0.4, -0.2) is 24.9 Å². The summed E-state index contributed by atoms with van der Waals surface area (Å²) in [7, 11) is 0. The Morgan fingerprint density at radius 1 is 1.47 bits per heavy atom. The van der Waals surface area contributed by atoms with E-state index < -0.39 is 30.7 Å². The maximum Gasteiger partial charge on any atom is 0.277 e. The average molecular weight is 311 g/mol. The van der Waals surface area contributed by atoms with E-state index in [2.05, 4.69) is 15.9 Å². The van der Waals surface area contributed by atoms with E-state index in [1.165, 1.54) is 12.1 Å². The van der Waals surface area contributed by atoms with Crippen LogP contribution < -0.4 is 11.1 Å². The van der Waals surface area contributed by atoms with Crippen molar-refractivity contribution in [3.8, 4) is 0 Å². The molecule has 3 N–H and O–H groups in total. The fourth-order valence-corrected chi connectivity index (χ4v) is 1.50. The van der Waals surface area contributed by atoms with Gasteiger partial charge in [-0.25, -0.2) is 13.2 Å². The molecule has 17 heavy (non-hydrogen) atoms. The maximum atomic E-state index is 13.1. The number of nitrogens with one attached hydrogen (secondary N) is 1. The summed E-state index contributed by atoms with van der Waals surface area (Å²) in [4.78, 5) is 11.5. The highest BCUT2D eigenvalue weighted by molar-refractivity contribution is 9.10. The largest absolute Gasteiger partial charge is 0.346 e. The van der Waals surface area contributed by atoms with Crippen LogP contribution >= 0.6 is 15.9 Å². The Morgan fingerprint density at radius 3 is 2.71 bits per heavy atom. The van der Waals surface area contributed by atoms with Crippen LogP contribution in [0, 0.1) is 5.82 Å². The van der Waals surface area contributed by atoms with Gasteiger partial charge in [0.1, 0.15) is 5.82 Å². The van der Waals surface area contributed by atoms with E-state index in [0.717, 1.165) is 6.07 Å². The highest BCUT2D eigenvalue weighted by Crippen LogP contribution is 2.20. The number of rotatable bonds is 4. The molecule has 0 saturated heterocycles. The van der Waals surface area contributed by atoms with Crippen molar-refractivity contribution < 1.29 is 18.0 Å². The van der Waals surface area contributed by atoms with Crippen LogP contribution in [-0.2, 0) is 0 Å². The quantitative estimate of drug-likeness (QED) is 0.892. The molecule has 1 amide bonds. The summed E-state index contributed by atoms with van der Waals surface area (Å²) < 4.78 is 38.6. The van der Waals surface area contributed by atoms with Crippen molar-refractivity contribution in [3.05, 3.63) is 34.1 Å². The minimum absolute atomic E-state index is 0.0437. The maximum absolute atomic E-state index is 13.1. The van der Waals surface area contributed by atoms with E-state index in [1.807, 2.05) is 5.32 Å². The number of amides is 1. The molecule has 0 aliphatic carbocycles. The summed E-state index contributed by atoms with van der Waals surface area (Å²) in [6.45, 7) is -1.75. The Bertz CT molecular complexity index is 426. The van der Waals surface area contributed by atoms with Gasteiger partial charge in [-0.2, -0.15) is 0 Å².